The van der Waals surface area contributed by atoms with Crippen molar-refractivity contribution in [3.05, 3.63) is 52.5 Å². The Bertz CT molecular complexity index is 797. The third kappa shape index (κ3) is 6.75. The summed E-state index contributed by atoms with van der Waals surface area (Å²) in [5.41, 5.74) is 1.14. The topological polar surface area (TPSA) is 70.7 Å². The predicted molar refractivity (Wildman–Crippen MR) is 109 cm³/mol. The largest absolute Gasteiger partial charge is 0.497 e. The molecule has 0 aliphatic carbocycles. The van der Waals surface area contributed by atoms with E-state index in [-0.39, 0.29) is 24.9 Å². The number of methoxy groups -OCH3 is 1. The second-order valence-corrected chi connectivity index (χ2v) is 6.60. The van der Waals surface area contributed by atoms with Crippen molar-refractivity contribution >= 4 is 46.4 Å². The highest BCUT2D eigenvalue weighted by atomic mass is 35.5. The standard InChI is InChI=1S/C19H21Cl2N3O3/c1-3-24(11-18(25)22-14-5-7-15(27-2)8-6-14)12-19(26)23-17-9-4-13(20)10-16(17)21/h4-10H,3,11-12H2,1-2H3,(H,22,25)(H,23,26). The molecule has 27 heavy (non-hydrogen) atoms. The number of rotatable bonds is 8. The molecule has 0 saturated carbocycles. The van der Waals surface area contributed by atoms with E-state index >= 15 is 0 Å². The van der Waals surface area contributed by atoms with Gasteiger partial charge in [0.2, 0.25) is 11.8 Å². The van der Waals surface area contributed by atoms with Gasteiger partial charge in [0.1, 0.15) is 5.75 Å². The molecule has 0 heterocycles. The van der Waals surface area contributed by atoms with E-state index in [2.05, 4.69) is 10.6 Å². The third-order valence-electron chi connectivity index (χ3n) is 3.76. The smallest absolute Gasteiger partial charge is 0.238 e. The number of halogens is 2. The zero-order chi connectivity index (χ0) is 19.8. The molecule has 8 heteroatoms. The first-order chi connectivity index (χ1) is 12.9. The molecule has 144 valence electrons. The number of benzene rings is 2. The summed E-state index contributed by atoms with van der Waals surface area (Å²) < 4.78 is 5.08. The van der Waals surface area contributed by atoms with Crippen molar-refractivity contribution in [3.8, 4) is 5.75 Å². The van der Waals surface area contributed by atoms with Crippen LogP contribution in [-0.4, -0.2) is 43.5 Å². The number of ether oxygens (including phenoxy) is 1. The van der Waals surface area contributed by atoms with Gasteiger partial charge in [-0.15, -0.1) is 0 Å². The fraction of sp³-hybridized carbons (Fsp3) is 0.263. The van der Waals surface area contributed by atoms with Gasteiger partial charge in [-0.25, -0.2) is 0 Å². The van der Waals surface area contributed by atoms with Gasteiger partial charge in [-0.1, -0.05) is 30.1 Å². The van der Waals surface area contributed by atoms with Crippen LogP contribution in [0.5, 0.6) is 5.75 Å². The molecular formula is C19H21Cl2N3O3. The molecule has 0 radical (unpaired) electrons. The van der Waals surface area contributed by atoms with E-state index in [1.807, 2.05) is 6.92 Å². The number of amides is 2. The van der Waals surface area contributed by atoms with Gasteiger partial charge in [0.25, 0.3) is 0 Å². The molecule has 6 nitrogen and oxygen atoms in total. The molecule has 0 spiro atoms. The molecule has 0 atom stereocenters. The Morgan fingerprint density at radius 1 is 1.00 bits per heavy atom. The molecule has 0 unspecified atom stereocenters. The summed E-state index contributed by atoms with van der Waals surface area (Å²) in [6, 6.07) is 11.9. The van der Waals surface area contributed by atoms with Gasteiger partial charge in [-0.2, -0.15) is 0 Å². The van der Waals surface area contributed by atoms with E-state index in [0.717, 1.165) is 0 Å². The molecule has 2 N–H and O–H groups in total. The maximum Gasteiger partial charge on any atom is 0.238 e. The molecular weight excluding hydrogens is 389 g/mol. The lowest BCUT2D eigenvalue weighted by atomic mass is 10.3. The monoisotopic (exact) mass is 409 g/mol. The molecule has 2 aromatic carbocycles. The average molecular weight is 410 g/mol. The fourth-order valence-corrected chi connectivity index (χ4v) is 2.80. The maximum atomic E-state index is 12.2. The Kier molecular flexibility index (Phi) is 7.91. The van der Waals surface area contributed by atoms with Gasteiger partial charge in [0.05, 0.1) is 30.9 Å². The Morgan fingerprint density at radius 3 is 2.19 bits per heavy atom. The summed E-state index contributed by atoms with van der Waals surface area (Å²) in [5, 5.41) is 6.36. The van der Waals surface area contributed by atoms with Gasteiger partial charge in [-0.3, -0.25) is 14.5 Å². The third-order valence-corrected chi connectivity index (χ3v) is 4.31. The number of likely N-dealkylation sites (N-methyl/N-ethyl adjacent to an activating group) is 1. The van der Waals surface area contributed by atoms with Crippen LogP contribution in [0.1, 0.15) is 6.92 Å². The predicted octanol–water partition coefficient (Wildman–Crippen LogP) is 3.90. The van der Waals surface area contributed by atoms with Crippen molar-refractivity contribution in [2.75, 3.05) is 37.4 Å². The highest BCUT2D eigenvalue weighted by Crippen LogP contribution is 2.25. The number of anilines is 2. The quantitative estimate of drug-likeness (QED) is 0.693. The molecule has 2 aromatic rings. The van der Waals surface area contributed by atoms with Crippen LogP contribution in [-0.2, 0) is 9.59 Å². The lowest BCUT2D eigenvalue weighted by Crippen LogP contribution is -2.38. The molecule has 0 bridgehead atoms. The van der Waals surface area contributed by atoms with Crippen molar-refractivity contribution in [3.63, 3.8) is 0 Å². The molecule has 0 aliphatic rings. The molecule has 0 saturated heterocycles. The number of hydrogen-bond acceptors (Lipinski definition) is 4. The zero-order valence-electron chi connectivity index (χ0n) is 15.1. The summed E-state index contributed by atoms with van der Waals surface area (Å²) >= 11 is 11.9. The lowest BCUT2D eigenvalue weighted by Gasteiger charge is -2.19. The molecule has 0 aliphatic heterocycles. The molecule has 2 rings (SSSR count). The van der Waals surface area contributed by atoms with Gasteiger partial charge in [0.15, 0.2) is 0 Å². The first kappa shape index (κ1) is 21.0. The van der Waals surface area contributed by atoms with Crippen LogP contribution in [0.15, 0.2) is 42.5 Å². The van der Waals surface area contributed by atoms with E-state index in [4.69, 9.17) is 27.9 Å². The first-order valence-electron chi connectivity index (χ1n) is 8.32. The van der Waals surface area contributed by atoms with Crippen LogP contribution in [0.2, 0.25) is 10.0 Å². The van der Waals surface area contributed by atoms with Crippen LogP contribution in [0, 0.1) is 0 Å². The summed E-state index contributed by atoms with van der Waals surface area (Å²) in [5.74, 6) is 0.235. The minimum atomic E-state index is -0.265. The first-order valence-corrected chi connectivity index (χ1v) is 9.08. The van der Waals surface area contributed by atoms with Crippen LogP contribution in [0.25, 0.3) is 0 Å². The molecule has 0 aromatic heterocycles. The number of hydrogen-bond donors (Lipinski definition) is 2. The maximum absolute atomic E-state index is 12.2. The minimum Gasteiger partial charge on any atom is -0.497 e. The number of carbonyl (C=O) groups excluding carboxylic acids is 2. The van der Waals surface area contributed by atoms with E-state index in [1.165, 1.54) is 0 Å². The normalized spacial score (nSPS) is 10.6. The summed E-state index contributed by atoms with van der Waals surface area (Å²) in [6.07, 6.45) is 0. The average Bonchev–Trinajstić information content (AvgIpc) is 2.64. The Morgan fingerprint density at radius 2 is 1.63 bits per heavy atom. The van der Waals surface area contributed by atoms with Gasteiger partial charge < -0.3 is 15.4 Å². The van der Waals surface area contributed by atoms with Crippen molar-refractivity contribution in [2.24, 2.45) is 0 Å². The fourth-order valence-electron chi connectivity index (χ4n) is 2.34. The van der Waals surface area contributed by atoms with Crippen LogP contribution in [0.3, 0.4) is 0 Å². The van der Waals surface area contributed by atoms with Crippen LogP contribution >= 0.6 is 23.2 Å². The van der Waals surface area contributed by atoms with E-state index in [0.29, 0.717) is 33.7 Å². The Hall–Kier alpha value is -2.28. The highest BCUT2D eigenvalue weighted by Gasteiger charge is 2.14. The van der Waals surface area contributed by atoms with Gasteiger partial charge in [0, 0.05) is 10.7 Å². The van der Waals surface area contributed by atoms with E-state index in [9.17, 15) is 9.59 Å². The second-order valence-electron chi connectivity index (χ2n) is 5.75. The van der Waals surface area contributed by atoms with Crippen molar-refractivity contribution in [1.82, 2.24) is 4.90 Å². The van der Waals surface area contributed by atoms with Crippen LogP contribution in [0.4, 0.5) is 11.4 Å². The Balaban J connectivity index is 1.87. The summed E-state index contributed by atoms with van der Waals surface area (Å²) in [7, 11) is 1.58. The summed E-state index contributed by atoms with van der Waals surface area (Å²) in [6.45, 7) is 2.57. The Labute approximate surface area is 168 Å². The van der Waals surface area contributed by atoms with Crippen LogP contribution < -0.4 is 15.4 Å². The van der Waals surface area contributed by atoms with E-state index < -0.39 is 0 Å². The number of nitrogens with zero attached hydrogens (tertiary/aromatic N) is 1. The van der Waals surface area contributed by atoms with Crippen molar-refractivity contribution in [1.29, 1.82) is 0 Å². The number of nitrogens with one attached hydrogen (secondary N) is 2. The SMILES string of the molecule is CCN(CC(=O)Nc1ccc(OC)cc1)CC(=O)Nc1ccc(Cl)cc1Cl. The van der Waals surface area contributed by atoms with Gasteiger partial charge in [-0.05, 0) is 49.0 Å². The molecule has 2 amide bonds. The number of carbonyl (C=O) groups is 2. The van der Waals surface area contributed by atoms with Gasteiger partial charge >= 0.3 is 0 Å². The minimum absolute atomic E-state index is 0.0610. The summed E-state index contributed by atoms with van der Waals surface area (Å²) in [4.78, 5) is 26.2. The highest BCUT2D eigenvalue weighted by molar-refractivity contribution is 6.36. The van der Waals surface area contributed by atoms with Crippen molar-refractivity contribution < 1.29 is 14.3 Å². The molecule has 0 fully saturated rings. The lowest BCUT2D eigenvalue weighted by molar-refractivity contribution is -0.119. The zero-order valence-corrected chi connectivity index (χ0v) is 16.6. The van der Waals surface area contributed by atoms with Crippen molar-refractivity contribution in [2.45, 2.75) is 6.92 Å². The second kappa shape index (κ2) is 10.2. The van der Waals surface area contributed by atoms with E-state index in [1.54, 1.807) is 54.5 Å².